The Morgan fingerprint density at radius 3 is 2.43 bits per heavy atom. The van der Waals surface area contributed by atoms with E-state index in [1.165, 1.54) is 37.6 Å². The predicted molar refractivity (Wildman–Crippen MR) is 103 cm³/mol. The van der Waals surface area contributed by atoms with Crippen molar-refractivity contribution in [3.05, 3.63) is 76.0 Å². The highest BCUT2D eigenvalue weighted by Gasteiger charge is 2.26. The van der Waals surface area contributed by atoms with Crippen molar-refractivity contribution in [2.45, 2.75) is 18.9 Å². The molecule has 0 spiro atoms. The zero-order chi connectivity index (χ0) is 20.1. The number of hydrogen-bond donors (Lipinski definition) is 2. The van der Waals surface area contributed by atoms with E-state index in [1.54, 1.807) is 24.3 Å². The van der Waals surface area contributed by atoms with Gasteiger partial charge in [-0.05, 0) is 31.0 Å². The van der Waals surface area contributed by atoms with E-state index in [9.17, 15) is 19.7 Å². The molecule has 2 aromatic carbocycles. The minimum atomic E-state index is -0.538. The summed E-state index contributed by atoms with van der Waals surface area (Å²) in [5, 5.41) is 16.2. The zero-order valence-corrected chi connectivity index (χ0v) is 15.2. The first-order chi connectivity index (χ1) is 13.5. The molecule has 8 heteroatoms. The minimum absolute atomic E-state index is 0.106. The van der Waals surface area contributed by atoms with Crippen molar-refractivity contribution < 1.29 is 19.2 Å². The van der Waals surface area contributed by atoms with Crippen LogP contribution in [0.3, 0.4) is 0 Å². The lowest BCUT2D eigenvalue weighted by Crippen LogP contribution is -2.28. The van der Waals surface area contributed by atoms with Crippen molar-refractivity contribution >= 4 is 23.1 Å². The summed E-state index contributed by atoms with van der Waals surface area (Å²) in [6.07, 6.45) is 3.19. The average molecular weight is 381 g/mol. The maximum Gasteiger partial charge on any atom is 0.269 e. The molecule has 2 N–H and O–H groups in total. The quantitative estimate of drug-likeness (QED) is 0.435. The first kappa shape index (κ1) is 19.1. The summed E-state index contributed by atoms with van der Waals surface area (Å²) in [7, 11) is 1.50. The van der Waals surface area contributed by atoms with Crippen molar-refractivity contribution in [3.8, 4) is 5.75 Å². The fourth-order valence-corrected chi connectivity index (χ4v) is 2.58. The largest absolute Gasteiger partial charge is 0.496 e. The standard InChI is InChI=1S/C20H19N3O5/c1-28-18-5-3-2-4-16(18)17(20(25)22-14-8-9-14)12-21-19(24)13-6-10-15(11-7-13)23(26)27/h2-7,10-12,14H,8-9H2,1H3,(H,21,24)(H,22,25). The lowest BCUT2D eigenvalue weighted by atomic mass is 10.0. The topological polar surface area (TPSA) is 111 Å². The number of nitrogens with zero attached hydrogens (tertiary/aromatic N) is 1. The van der Waals surface area contributed by atoms with Gasteiger partial charge in [-0.3, -0.25) is 19.7 Å². The van der Waals surface area contributed by atoms with E-state index >= 15 is 0 Å². The van der Waals surface area contributed by atoms with Crippen LogP contribution in [0.4, 0.5) is 5.69 Å². The van der Waals surface area contributed by atoms with Gasteiger partial charge in [0.15, 0.2) is 0 Å². The third-order valence-corrected chi connectivity index (χ3v) is 4.24. The van der Waals surface area contributed by atoms with Crippen LogP contribution in [0, 0.1) is 10.1 Å². The smallest absolute Gasteiger partial charge is 0.269 e. The fraction of sp³-hybridized carbons (Fsp3) is 0.200. The van der Waals surface area contributed by atoms with Gasteiger partial charge < -0.3 is 15.4 Å². The van der Waals surface area contributed by atoms with Crippen molar-refractivity contribution in [2.24, 2.45) is 0 Å². The van der Waals surface area contributed by atoms with Crippen LogP contribution in [-0.2, 0) is 4.79 Å². The maximum atomic E-state index is 12.7. The molecule has 28 heavy (non-hydrogen) atoms. The Morgan fingerprint density at radius 2 is 1.82 bits per heavy atom. The molecular formula is C20H19N3O5. The second-order valence-electron chi connectivity index (χ2n) is 6.28. The zero-order valence-electron chi connectivity index (χ0n) is 15.2. The monoisotopic (exact) mass is 381 g/mol. The molecular weight excluding hydrogens is 362 g/mol. The van der Waals surface area contributed by atoms with Crippen molar-refractivity contribution in [1.29, 1.82) is 0 Å². The average Bonchev–Trinajstić information content (AvgIpc) is 3.52. The summed E-state index contributed by atoms with van der Waals surface area (Å²) in [5.74, 6) is -0.290. The number of nitrogens with one attached hydrogen (secondary N) is 2. The number of nitro benzene ring substituents is 1. The molecule has 1 aliphatic rings. The molecule has 1 fully saturated rings. The van der Waals surface area contributed by atoms with E-state index in [0.29, 0.717) is 11.3 Å². The lowest BCUT2D eigenvalue weighted by Gasteiger charge is -2.13. The van der Waals surface area contributed by atoms with Crippen LogP contribution in [0.25, 0.3) is 5.57 Å². The molecule has 1 aliphatic carbocycles. The summed E-state index contributed by atoms with van der Waals surface area (Å²) in [5.41, 5.74) is 0.946. The third-order valence-electron chi connectivity index (χ3n) is 4.24. The number of hydrogen-bond acceptors (Lipinski definition) is 5. The predicted octanol–water partition coefficient (Wildman–Crippen LogP) is 2.65. The number of nitro groups is 1. The molecule has 2 aromatic rings. The SMILES string of the molecule is COc1ccccc1C(=CNC(=O)c1ccc([N+](=O)[O-])cc1)C(=O)NC1CC1. The Balaban J connectivity index is 1.84. The lowest BCUT2D eigenvalue weighted by molar-refractivity contribution is -0.384. The van der Waals surface area contributed by atoms with E-state index in [0.717, 1.165) is 12.8 Å². The van der Waals surface area contributed by atoms with Crippen LogP contribution in [0.15, 0.2) is 54.7 Å². The molecule has 0 atom stereocenters. The molecule has 2 amide bonds. The molecule has 0 bridgehead atoms. The van der Waals surface area contributed by atoms with Gasteiger partial charge in [-0.25, -0.2) is 0 Å². The van der Waals surface area contributed by atoms with Crippen LogP contribution in [0.5, 0.6) is 5.75 Å². The van der Waals surface area contributed by atoms with Gasteiger partial charge in [0.2, 0.25) is 0 Å². The van der Waals surface area contributed by atoms with E-state index in [-0.39, 0.29) is 28.8 Å². The normalized spacial score (nSPS) is 13.5. The molecule has 0 aliphatic heterocycles. The van der Waals surface area contributed by atoms with Gasteiger partial charge in [-0.1, -0.05) is 18.2 Å². The van der Waals surface area contributed by atoms with Gasteiger partial charge in [0, 0.05) is 35.5 Å². The number of benzene rings is 2. The van der Waals surface area contributed by atoms with Gasteiger partial charge in [0.1, 0.15) is 5.75 Å². The Bertz CT molecular complexity index is 933. The number of carbonyl (C=O) groups is 2. The number of para-hydroxylation sites is 1. The highest BCUT2D eigenvalue weighted by atomic mass is 16.6. The molecule has 3 rings (SSSR count). The van der Waals surface area contributed by atoms with Crippen LogP contribution in [-0.4, -0.2) is 29.9 Å². The first-order valence-corrected chi connectivity index (χ1v) is 8.69. The first-order valence-electron chi connectivity index (χ1n) is 8.69. The van der Waals surface area contributed by atoms with Crippen LogP contribution >= 0.6 is 0 Å². The number of carbonyl (C=O) groups excluding carboxylic acids is 2. The van der Waals surface area contributed by atoms with E-state index in [2.05, 4.69) is 10.6 Å². The van der Waals surface area contributed by atoms with Crippen LogP contribution in [0.1, 0.15) is 28.8 Å². The summed E-state index contributed by atoms with van der Waals surface area (Å²) in [6.45, 7) is 0. The Hall–Kier alpha value is -3.68. The molecule has 144 valence electrons. The number of ether oxygens (including phenoxy) is 1. The summed E-state index contributed by atoms with van der Waals surface area (Å²) in [4.78, 5) is 35.2. The Kier molecular flexibility index (Phi) is 5.69. The molecule has 0 radical (unpaired) electrons. The molecule has 0 heterocycles. The fourth-order valence-electron chi connectivity index (χ4n) is 2.58. The second-order valence-corrected chi connectivity index (χ2v) is 6.28. The molecule has 8 nitrogen and oxygen atoms in total. The number of methoxy groups -OCH3 is 1. The minimum Gasteiger partial charge on any atom is -0.496 e. The van der Waals surface area contributed by atoms with Gasteiger partial charge in [0.05, 0.1) is 17.6 Å². The van der Waals surface area contributed by atoms with Crippen LogP contribution < -0.4 is 15.4 Å². The molecule has 0 unspecified atom stereocenters. The third kappa shape index (κ3) is 4.53. The maximum absolute atomic E-state index is 12.7. The number of amides is 2. The Labute approximate surface area is 161 Å². The molecule has 0 saturated heterocycles. The van der Waals surface area contributed by atoms with Gasteiger partial charge in [0.25, 0.3) is 17.5 Å². The van der Waals surface area contributed by atoms with Crippen LogP contribution in [0.2, 0.25) is 0 Å². The van der Waals surface area contributed by atoms with Crippen molar-refractivity contribution in [3.63, 3.8) is 0 Å². The summed E-state index contributed by atoms with van der Waals surface area (Å²) < 4.78 is 5.33. The molecule has 0 aromatic heterocycles. The highest BCUT2D eigenvalue weighted by Crippen LogP contribution is 2.27. The van der Waals surface area contributed by atoms with E-state index in [4.69, 9.17) is 4.74 Å². The molecule has 1 saturated carbocycles. The van der Waals surface area contributed by atoms with E-state index < -0.39 is 10.8 Å². The highest BCUT2D eigenvalue weighted by molar-refractivity contribution is 6.20. The van der Waals surface area contributed by atoms with Gasteiger partial charge in [-0.2, -0.15) is 0 Å². The van der Waals surface area contributed by atoms with Crippen molar-refractivity contribution in [2.75, 3.05) is 7.11 Å². The van der Waals surface area contributed by atoms with E-state index in [1.807, 2.05) is 0 Å². The number of non-ortho nitro benzene ring substituents is 1. The van der Waals surface area contributed by atoms with Crippen molar-refractivity contribution in [1.82, 2.24) is 10.6 Å². The Morgan fingerprint density at radius 1 is 1.14 bits per heavy atom. The van der Waals surface area contributed by atoms with Gasteiger partial charge >= 0.3 is 0 Å². The van der Waals surface area contributed by atoms with Gasteiger partial charge in [-0.15, -0.1) is 0 Å². The summed E-state index contributed by atoms with van der Waals surface area (Å²) >= 11 is 0. The summed E-state index contributed by atoms with van der Waals surface area (Å²) in [6, 6.07) is 12.4. The second kappa shape index (κ2) is 8.34. The number of rotatable bonds is 7.